The number of ether oxygens (including phenoxy) is 1. The van der Waals surface area contributed by atoms with Crippen molar-refractivity contribution in [3.63, 3.8) is 0 Å². The number of halogens is 1. The molecule has 2 aromatic carbocycles. The summed E-state index contributed by atoms with van der Waals surface area (Å²) in [6.07, 6.45) is 0. The fourth-order valence-electron chi connectivity index (χ4n) is 1.94. The normalized spacial score (nSPS) is 12.3. The first-order valence-electron chi connectivity index (χ1n) is 6.27. The van der Waals surface area contributed by atoms with E-state index in [1.165, 1.54) is 0 Å². The predicted octanol–water partition coefficient (Wildman–Crippen LogP) is 4.77. The van der Waals surface area contributed by atoms with Crippen LogP contribution >= 0.6 is 11.6 Å². The molecule has 2 rings (SSSR count). The fraction of sp³-hybridized carbons (Fsp3) is 0.250. The van der Waals surface area contributed by atoms with Crippen LogP contribution in [0.3, 0.4) is 0 Å². The lowest BCUT2D eigenvalue weighted by Crippen LogP contribution is -2.04. The monoisotopic (exact) mass is 275 g/mol. The Bertz CT molecular complexity index is 553. The Balaban J connectivity index is 2.21. The highest BCUT2D eigenvalue weighted by Gasteiger charge is 2.05. The quantitative estimate of drug-likeness (QED) is 0.876. The van der Waals surface area contributed by atoms with Crippen LogP contribution in [0.25, 0.3) is 0 Å². The second-order valence-electron chi connectivity index (χ2n) is 4.83. The van der Waals surface area contributed by atoms with Gasteiger partial charge in [0.15, 0.2) is 0 Å². The fourth-order valence-corrected chi connectivity index (χ4v) is 2.05. The molecule has 0 fully saturated rings. The molecule has 0 heterocycles. The molecule has 100 valence electrons. The maximum Gasteiger partial charge on any atom is 0.128 e. The smallest absolute Gasteiger partial charge is 0.128 e. The average molecular weight is 276 g/mol. The van der Waals surface area contributed by atoms with E-state index in [4.69, 9.17) is 22.1 Å². The molecule has 2 nitrogen and oxygen atoms in total. The molecule has 0 radical (unpaired) electrons. The average Bonchev–Trinajstić information content (AvgIpc) is 2.36. The minimum Gasteiger partial charge on any atom is -0.457 e. The highest BCUT2D eigenvalue weighted by atomic mass is 35.5. The third-order valence-electron chi connectivity index (χ3n) is 3.05. The number of aryl methyl sites for hydroxylation is 2. The van der Waals surface area contributed by atoms with Gasteiger partial charge in [0.2, 0.25) is 0 Å². The van der Waals surface area contributed by atoms with E-state index in [9.17, 15) is 0 Å². The first kappa shape index (κ1) is 13.9. The highest BCUT2D eigenvalue weighted by molar-refractivity contribution is 6.32. The van der Waals surface area contributed by atoms with Crippen molar-refractivity contribution in [1.29, 1.82) is 0 Å². The molecule has 0 spiro atoms. The second kappa shape index (κ2) is 5.64. The van der Waals surface area contributed by atoms with Gasteiger partial charge in [0.05, 0.1) is 0 Å². The van der Waals surface area contributed by atoms with Gasteiger partial charge >= 0.3 is 0 Å². The molecule has 2 aromatic rings. The Kier molecular flexibility index (Phi) is 4.13. The van der Waals surface area contributed by atoms with E-state index >= 15 is 0 Å². The molecule has 0 aliphatic heterocycles. The topological polar surface area (TPSA) is 35.2 Å². The summed E-state index contributed by atoms with van der Waals surface area (Å²) < 4.78 is 5.83. The van der Waals surface area contributed by atoms with Gasteiger partial charge in [0, 0.05) is 11.1 Å². The standard InChI is InChI=1S/C16H18ClNO/c1-10-8-15(9-11(2)16(10)17)19-14-6-4-13(5-7-14)12(3)18/h4-9,12H,18H2,1-3H3/t12-/m0/s1. The third kappa shape index (κ3) is 3.28. The summed E-state index contributed by atoms with van der Waals surface area (Å²) in [5, 5.41) is 0.791. The van der Waals surface area contributed by atoms with Gasteiger partial charge in [-0.05, 0) is 61.7 Å². The molecule has 2 N–H and O–H groups in total. The Hall–Kier alpha value is -1.51. The van der Waals surface area contributed by atoms with E-state index in [1.54, 1.807) is 0 Å². The second-order valence-corrected chi connectivity index (χ2v) is 5.21. The minimum absolute atomic E-state index is 0.0362. The van der Waals surface area contributed by atoms with Crippen LogP contribution in [0.4, 0.5) is 0 Å². The molecule has 0 saturated carbocycles. The molecule has 0 saturated heterocycles. The van der Waals surface area contributed by atoms with Crippen LogP contribution in [0.5, 0.6) is 11.5 Å². The van der Waals surface area contributed by atoms with E-state index in [0.29, 0.717) is 0 Å². The van der Waals surface area contributed by atoms with E-state index in [1.807, 2.05) is 57.2 Å². The summed E-state index contributed by atoms with van der Waals surface area (Å²) in [7, 11) is 0. The van der Waals surface area contributed by atoms with Crippen LogP contribution < -0.4 is 10.5 Å². The third-order valence-corrected chi connectivity index (χ3v) is 3.65. The molecule has 0 amide bonds. The van der Waals surface area contributed by atoms with Crippen molar-refractivity contribution >= 4 is 11.6 Å². The van der Waals surface area contributed by atoms with Gasteiger partial charge in [-0.15, -0.1) is 0 Å². The zero-order valence-corrected chi connectivity index (χ0v) is 12.2. The molecule has 3 heteroatoms. The van der Waals surface area contributed by atoms with Crippen molar-refractivity contribution in [3.8, 4) is 11.5 Å². The molecule has 0 unspecified atom stereocenters. The predicted molar refractivity (Wildman–Crippen MR) is 80.0 cm³/mol. The molecule has 19 heavy (non-hydrogen) atoms. The lowest BCUT2D eigenvalue weighted by atomic mass is 10.1. The van der Waals surface area contributed by atoms with Gasteiger partial charge in [-0.1, -0.05) is 23.7 Å². The van der Waals surface area contributed by atoms with Gasteiger partial charge in [-0.2, -0.15) is 0 Å². The summed E-state index contributed by atoms with van der Waals surface area (Å²) >= 11 is 6.14. The molecule has 0 aromatic heterocycles. The molecule has 0 bridgehead atoms. The number of nitrogens with two attached hydrogens (primary N) is 1. The number of hydrogen-bond donors (Lipinski definition) is 1. The van der Waals surface area contributed by atoms with Crippen molar-refractivity contribution in [2.75, 3.05) is 0 Å². The van der Waals surface area contributed by atoms with Crippen LogP contribution in [0, 0.1) is 13.8 Å². The number of hydrogen-bond acceptors (Lipinski definition) is 2. The largest absolute Gasteiger partial charge is 0.457 e. The Morgan fingerprint density at radius 1 is 1.00 bits per heavy atom. The lowest BCUT2D eigenvalue weighted by Gasteiger charge is -2.11. The van der Waals surface area contributed by atoms with Crippen molar-refractivity contribution in [2.24, 2.45) is 5.73 Å². The minimum atomic E-state index is 0.0362. The molecular weight excluding hydrogens is 258 g/mol. The van der Waals surface area contributed by atoms with Gasteiger partial charge in [-0.25, -0.2) is 0 Å². The van der Waals surface area contributed by atoms with Crippen LogP contribution in [-0.2, 0) is 0 Å². The van der Waals surface area contributed by atoms with E-state index in [0.717, 1.165) is 33.2 Å². The Morgan fingerprint density at radius 3 is 2.00 bits per heavy atom. The zero-order valence-electron chi connectivity index (χ0n) is 11.4. The van der Waals surface area contributed by atoms with Crippen molar-refractivity contribution in [3.05, 3.63) is 58.1 Å². The van der Waals surface area contributed by atoms with Crippen LogP contribution in [-0.4, -0.2) is 0 Å². The molecule has 0 aliphatic carbocycles. The van der Waals surface area contributed by atoms with Crippen molar-refractivity contribution < 1.29 is 4.74 Å². The summed E-state index contributed by atoms with van der Waals surface area (Å²) in [6.45, 7) is 5.91. The SMILES string of the molecule is Cc1cc(Oc2ccc([C@H](C)N)cc2)cc(C)c1Cl. The highest BCUT2D eigenvalue weighted by Crippen LogP contribution is 2.29. The molecule has 1 atom stereocenters. The van der Waals surface area contributed by atoms with Gasteiger partial charge in [0.25, 0.3) is 0 Å². The van der Waals surface area contributed by atoms with E-state index in [2.05, 4.69) is 0 Å². The van der Waals surface area contributed by atoms with Gasteiger partial charge in [0.1, 0.15) is 11.5 Å². The summed E-state index contributed by atoms with van der Waals surface area (Å²) in [6, 6.07) is 11.7. The Labute approximate surface area is 119 Å². The number of benzene rings is 2. The van der Waals surface area contributed by atoms with E-state index < -0.39 is 0 Å². The zero-order chi connectivity index (χ0) is 14.0. The van der Waals surface area contributed by atoms with Crippen LogP contribution in [0.1, 0.15) is 29.7 Å². The van der Waals surface area contributed by atoms with Crippen molar-refractivity contribution in [2.45, 2.75) is 26.8 Å². The summed E-state index contributed by atoms with van der Waals surface area (Å²) in [4.78, 5) is 0. The molecule has 0 aliphatic rings. The van der Waals surface area contributed by atoms with Crippen molar-refractivity contribution in [1.82, 2.24) is 0 Å². The Morgan fingerprint density at radius 2 is 1.53 bits per heavy atom. The first-order chi connectivity index (χ1) is 8.97. The van der Waals surface area contributed by atoms with Gasteiger partial charge < -0.3 is 10.5 Å². The lowest BCUT2D eigenvalue weighted by molar-refractivity contribution is 0.481. The van der Waals surface area contributed by atoms with E-state index in [-0.39, 0.29) is 6.04 Å². The number of rotatable bonds is 3. The van der Waals surface area contributed by atoms with Crippen LogP contribution in [0.15, 0.2) is 36.4 Å². The van der Waals surface area contributed by atoms with Gasteiger partial charge in [-0.3, -0.25) is 0 Å². The summed E-state index contributed by atoms with van der Waals surface area (Å²) in [5.41, 5.74) is 8.95. The summed E-state index contributed by atoms with van der Waals surface area (Å²) in [5.74, 6) is 1.60. The maximum atomic E-state index is 6.14. The molecular formula is C16H18ClNO. The van der Waals surface area contributed by atoms with Crippen LogP contribution in [0.2, 0.25) is 5.02 Å². The first-order valence-corrected chi connectivity index (χ1v) is 6.65. The maximum absolute atomic E-state index is 6.14.